The van der Waals surface area contributed by atoms with Crippen molar-refractivity contribution in [3.63, 3.8) is 0 Å². The van der Waals surface area contributed by atoms with Gasteiger partial charge in [0.25, 0.3) is 0 Å². The Labute approximate surface area is 125 Å². The molecular formula is C17H23NO3. The molecule has 114 valence electrons. The third-order valence-corrected chi connectivity index (χ3v) is 3.34. The highest BCUT2D eigenvalue weighted by atomic mass is 16.5. The van der Waals surface area contributed by atoms with E-state index in [2.05, 4.69) is 5.32 Å². The van der Waals surface area contributed by atoms with Crippen LogP contribution in [0.3, 0.4) is 0 Å². The van der Waals surface area contributed by atoms with Gasteiger partial charge in [-0.15, -0.1) is 0 Å². The van der Waals surface area contributed by atoms with Crippen LogP contribution in [0.1, 0.15) is 30.8 Å². The molecule has 0 aliphatic carbocycles. The molecular weight excluding hydrogens is 266 g/mol. The largest absolute Gasteiger partial charge is 0.460 e. The Kier molecular flexibility index (Phi) is 5.99. The SMILES string of the molecule is COCCCNCc1ccc(-c2ccc([C@@H](C)O)cc2)o1. The number of hydrogen-bond donors (Lipinski definition) is 2. The number of benzene rings is 1. The van der Waals surface area contributed by atoms with Crippen LogP contribution in [0.2, 0.25) is 0 Å². The summed E-state index contributed by atoms with van der Waals surface area (Å²) in [4.78, 5) is 0. The molecule has 0 amide bonds. The highest BCUT2D eigenvalue weighted by Gasteiger charge is 2.06. The number of ether oxygens (including phenoxy) is 1. The zero-order valence-electron chi connectivity index (χ0n) is 12.6. The van der Waals surface area contributed by atoms with Gasteiger partial charge in [-0.2, -0.15) is 0 Å². The fourth-order valence-electron chi connectivity index (χ4n) is 2.11. The first-order valence-electron chi connectivity index (χ1n) is 7.27. The maximum Gasteiger partial charge on any atom is 0.134 e. The molecule has 0 spiro atoms. The Morgan fingerprint density at radius 3 is 2.62 bits per heavy atom. The van der Waals surface area contributed by atoms with Gasteiger partial charge in [0.05, 0.1) is 12.6 Å². The summed E-state index contributed by atoms with van der Waals surface area (Å²) < 4.78 is 10.8. The molecule has 0 saturated carbocycles. The molecule has 1 aromatic carbocycles. The van der Waals surface area contributed by atoms with Crippen molar-refractivity contribution < 1.29 is 14.3 Å². The van der Waals surface area contributed by atoms with Crippen LogP contribution in [0.25, 0.3) is 11.3 Å². The van der Waals surface area contributed by atoms with Gasteiger partial charge in [-0.1, -0.05) is 24.3 Å². The molecule has 2 N–H and O–H groups in total. The first-order chi connectivity index (χ1) is 10.2. The van der Waals surface area contributed by atoms with E-state index in [0.29, 0.717) is 0 Å². The number of hydrogen-bond acceptors (Lipinski definition) is 4. The van der Waals surface area contributed by atoms with E-state index in [9.17, 15) is 5.11 Å². The molecule has 0 fully saturated rings. The highest BCUT2D eigenvalue weighted by Crippen LogP contribution is 2.24. The van der Waals surface area contributed by atoms with Gasteiger partial charge in [0.1, 0.15) is 11.5 Å². The van der Waals surface area contributed by atoms with Gasteiger partial charge >= 0.3 is 0 Å². The van der Waals surface area contributed by atoms with Gasteiger partial charge in [-0.3, -0.25) is 0 Å². The number of furan rings is 1. The maximum absolute atomic E-state index is 9.51. The van der Waals surface area contributed by atoms with Crippen molar-refractivity contribution >= 4 is 0 Å². The monoisotopic (exact) mass is 289 g/mol. The lowest BCUT2D eigenvalue weighted by Gasteiger charge is -2.05. The molecule has 21 heavy (non-hydrogen) atoms. The van der Waals surface area contributed by atoms with Gasteiger partial charge < -0.3 is 19.6 Å². The fourth-order valence-corrected chi connectivity index (χ4v) is 2.11. The zero-order valence-corrected chi connectivity index (χ0v) is 12.6. The molecule has 0 unspecified atom stereocenters. The van der Waals surface area contributed by atoms with E-state index < -0.39 is 6.10 Å². The molecule has 1 heterocycles. The predicted molar refractivity (Wildman–Crippen MR) is 83.0 cm³/mol. The molecule has 1 atom stereocenters. The molecule has 0 radical (unpaired) electrons. The maximum atomic E-state index is 9.51. The summed E-state index contributed by atoms with van der Waals surface area (Å²) >= 11 is 0. The first-order valence-corrected chi connectivity index (χ1v) is 7.27. The van der Waals surface area contributed by atoms with Crippen molar-refractivity contribution in [2.24, 2.45) is 0 Å². The number of methoxy groups -OCH3 is 1. The first kappa shape index (κ1) is 15.8. The normalized spacial score (nSPS) is 12.5. The summed E-state index contributed by atoms with van der Waals surface area (Å²) in [5.41, 5.74) is 1.93. The number of aliphatic hydroxyl groups excluding tert-OH is 1. The van der Waals surface area contributed by atoms with Crippen LogP contribution >= 0.6 is 0 Å². The molecule has 1 aromatic heterocycles. The highest BCUT2D eigenvalue weighted by molar-refractivity contribution is 5.58. The van der Waals surface area contributed by atoms with Gasteiger partial charge in [0.2, 0.25) is 0 Å². The number of nitrogens with one attached hydrogen (secondary N) is 1. The quantitative estimate of drug-likeness (QED) is 0.733. The van der Waals surface area contributed by atoms with E-state index in [1.54, 1.807) is 14.0 Å². The third kappa shape index (κ3) is 4.70. The Hall–Kier alpha value is -1.62. The zero-order chi connectivity index (χ0) is 15.1. The summed E-state index contributed by atoms with van der Waals surface area (Å²) in [6, 6.07) is 11.7. The lowest BCUT2D eigenvalue weighted by molar-refractivity contribution is 0.194. The molecule has 0 aliphatic heterocycles. The summed E-state index contributed by atoms with van der Waals surface area (Å²) in [6.07, 6.45) is 0.549. The lowest BCUT2D eigenvalue weighted by atomic mass is 10.1. The Morgan fingerprint density at radius 1 is 1.19 bits per heavy atom. The van der Waals surface area contributed by atoms with Gasteiger partial charge in [0, 0.05) is 19.3 Å². The van der Waals surface area contributed by atoms with Crippen LogP contribution in [0.4, 0.5) is 0 Å². The van der Waals surface area contributed by atoms with E-state index in [1.165, 1.54) is 0 Å². The topological polar surface area (TPSA) is 54.6 Å². The Balaban J connectivity index is 1.90. The average molecular weight is 289 g/mol. The minimum atomic E-state index is -0.442. The van der Waals surface area contributed by atoms with Crippen molar-refractivity contribution in [3.8, 4) is 11.3 Å². The summed E-state index contributed by atoms with van der Waals surface area (Å²) in [6.45, 7) is 4.16. The van der Waals surface area contributed by atoms with E-state index >= 15 is 0 Å². The van der Waals surface area contributed by atoms with Crippen molar-refractivity contribution in [1.82, 2.24) is 5.32 Å². The van der Waals surface area contributed by atoms with Crippen molar-refractivity contribution in [2.45, 2.75) is 26.0 Å². The smallest absolute Gasteiger partial charge is 0.134 e. The predicted octanol–water partition coefficient (Wildman–Crippen LogP) is 3.13. The second kappa shape index (κ2) is 7.98. The van der Waals surface area contributed by atoms with Gasteiger partial charge in [-0.25, -0.2) is 0 Å². The van der Waals surface area contributed by atoms with E-state index in [4.69, 9.17) is 9.15 Å². The number of aliphatic hydroxyl groups is 1. The van der Waals surface area contributed by atoms with Crippen molar-refractivity contribution in [3.05, 3.63) is 47.7 Å². The molecule has 2 aromatic rings. The molecule has 2 rings (SSSR count). The van der Waals surface area contributed by atoms with Crippen LogP contribution in [0, 0.1) is 0 Å². The second-order valence-electron chi connectivity index (χ2n) is 5.09. The van der Waals surface area contributed by atoms with E-state index in [1.807, 2.05) is 36.4 Å². The summed E-state index contributed by atoms with van der Waals surface area (Å²) in [5.74, 6) is 1.77. The van der Waals surface area contributed by atoms with Crippen LogP contribution in [-0.4, -0.2) is 25.4 Å². The van der Waals surface area contributed by atoms with Crippen molar-refractivity contribution in [1.29, 1.82) is 0 Å². The fraction of sp³-hybridized carbons (Fsp3) is 0.412. The number of rotatable bonds is 8. The molecule has 0 aliphatic rings. The minimum Gasteiger partial charge on any atom is -0.460 e. The summed E-state index contributed by atoms with van der Waals surface area (Å²) in [5, 5.41) is 12.8. The standard InChI is InChI=1S/C17H23NO3/c1-13(19)14-4-6-15(7-5-14)17-9-8-16(21-17)12-18-10-3-11-20-2/h4-9,13,18-19H,3,10-12H2,1-2H3/t13-/m1/s1. The lowest BCUT2D eigenvalue weighted by Crippen LogP contribution is -2.15. The van der Waals surface area contributed by atoms with E-state index in [0.717, 1.165) is 48.8 Å². The van der Waals surface area contributed by atoms with Crippen LogP contribution in [0.15, 0.2) is 40.8 Å². The van der Waals surface area contributed by atoms with Gasteiger partial charge in [0.15, 0.2) is 0 Å². The second-order valence-corrected chi connectivity index (χ2v) is 5.09. The van der Waals surface area contributed by atoms with Crippen LogP contribution in [0.5, 0.6) is 0 Å². The van der Waals surface area contributed by atoms with Crippen molar-refractivity contribution in [2.75, 3.05) is 20.3 Å². The minimum absolute atomic E-state index is 0.442. The Morgan fingerprint density at radius 2 is 1.95 bits per heavy atom. The van der Waals surface area contributed by atoms with Gasteiger partial charge in [-0.05, 0) is 37.6 Å². The molecule has 4 nitrogen and oxygen atoms in total. The third-order valence-electron chi connectivity index (χ3n) is 3.34. The Bertz CT molecular complexity index is 531. The molecule has 0 saturated heterocycles. The van der Waals surface area contributed by atoms with E-state index in [-0.39, 0.29) is 0 Å². The molecule has 0 bridgehead atoms. The average Bonchev–Trinajstić information content (AvgIpc) is 2.96. The summed E-state index contributed by atoms with van der Waals surface area (Å²) in [7, 11) is 1.71. The van der Waals surface area contributed by atoms with Crippen LogP contribution < -0.4 is 5.32 Å². The van der Waals surface area contributed by atoms with Crippen LogP contribution in [-0.2, 0) is 11.3 Å². The molecule has 4 heteroatoms.